The molecule has 0 saturated carbocycles. The smallest absolute Gasteiger partial charge is 0.312 e. The van der Waals surface area contributed by atoms with Gasteiger partial charge in [-0.3, -0.25) is 0 Å². The number of aryl methyl sites for hydroxylation is 1. The third-order valence-corrected chi connectivity index (χ3v) is 1.78. The number of anilines is 2. The highest BCUT2D eigenvalue weighted by Gasteiger charge is 1.99. The summed E-state index contributed by atoms with van der Waals surface area (Å²) in [4.78, 5) is 14.6. The molecule has 0 radical (unpaired) electrons. The minimum Gasteiger partial charge on any atom is -0.396 e. The van der Waals surface area contributed by atoms with Crippen LogP contribution in [0.15, 0.2) is 12.1 Å². The molecule has 0 unspecified atom stereocenters. The summed E-state index contributed by atoms with van der Waals surface area (Å²) >= 11 is 0. The van der Waals surface area contributed by atoms with Crippen LogP contribution in [0.3, 0.4) is 0 Å². The molecule has 1 rings (SSSR count). The quantitative estimate of drug-likeness (QED) is 0.526. The van der Waals surface area contributed by atoms with Gasteiger partial charge in [-0.1, -0.05) is 0 Å². The molecule has 82 valence electrons. The predicted molar refractivity (Wildman–Crippen MR) is 59.5 cm³/mol. The molecule has 0 aliphatic carbocycles. The zero-order valence-electron chi connectivity index (χ0n) is 8.58. The highest BCUT2D eigenvalue weighted by molar-refractivity contribution is 5.71. The average molecular weight is 209 g/mol. The van der Waals surface area contributed by atoms with Crippen molar-refractivity contribution in [3.63, 3.8) is 0 Å². The van der Waals surface area contributed by atoms with E-state index in [1.807, 2.05) is 13.0 Å². The first-order valence-electron chi connectivity index (χ1n) is 4.60. The Bertz CT molecular complexity index is 352. The second-order valence-electron chi connectivity index (χ2n) is 3.11. The fourth-order valence-corrected chi connectivity index (χ4v) is 1.08. The summed E-state index contributed by atoms with van der Waals surface area (Å²) in [7, 11) is 0. The van der Waals surface area contributed by atoms with Crippen molar-refractivity contribution in [2.24, 2.45) is 5.73 Å². The van der Waals surface area contributed by atoms with Crippen molar-refractivity contribution >= 4 is 17.5 Å². The number of carbonyl (C=O) groups is 1. The number of urea groups is 1. The van der Waals surface area contributed by atoms with Crippen molar-refractivity contribution in [2.45, 2.75) is 6.92 Å². The van der Waals surface area contributed by atoms with Gasteiger partial charge < -0.3 is 22.1 Å². The molecule has 15 heavy (non-hydrogen) atoms. The van der Waals surface area contributed by atoms with E-state index in [4.69, 9.17) is 11.5 Å². The lowest BCUT2D eigenvalue weighted by Crippen LogP contribution is -2.33. The molecular weight excluding hydrogens is 194 g/mol. The van der Waals surface area contributed by atoms with Gasteiger partial charge in [0.15, 0.2) is 0 Å². The van der Waals surface area contributed by atoms with E-state index in [-0.39, 0.29) is 0 Å². The summed E-state index contributed by atoms with van der Waals surface area (Å²) in [6.07, 6.45) is 0. The molecule has 0 atom stereocenters. The van der Waals surface area contributed by atoms with Gasteiger partial charge in [-0.05, 0) is 19.1 Å². The molecule has 6 N–H and O–H groups in total. The van der Waals surface area contributed by atoms with Crippen LogP contribution in [0, 0.1) is 6.92 Å². The van der Waals surface area contributed by atoms with Crippen LogP contribution < -0.4 is 22.1 Å². The van der Waals surface area contributed by atoms with E-state index in [0.29, 0.717) is 24.6 Å². The van der Waals surface area contributed by atoms with Crippen LogP contribution in [0.4, 0.5) is 16.3 Å². The first-order valence-corrected chi connectivity index (χ1v) is 4.60. The summed E-state index contributed by atoms with van der Waals surface area (Å²) in [6.45, 7) is 2.85. The van der Waals surface area contributed by atoms with Crippen LogP contribution in [0.5, 0.6) is 0 Å². The number of nitrogens with two attached hydrogens (primary N) is 2. The van der Waals surface area contributed by atoms with Gasteiger partial charge in [0.05, 0.1) is 5.69 Å². The van der Waals surface area contributed by atoms with Crippen molar-refractivity contribution in [1.82, 2.24) is 10.3 Å². The molecule has 2 amide bonds. The van der Waals surface area contributed by atoms with Crippen LogP contribution in [-0.4, -0.2) is 24.1 Å². The minimum atomic E-state index is -0.540. The Kier molecular flexibility index (Phi) is 3.73. The van der Waals surface area contributed by atoms with E-state index in [0.717, 1.165) is 5.69 Å². The normalized spacial score (nSPS) is 9.67. The average Bonchev–Trinajstić information content (AvgIpc) is 2.17. The van der Waals surface area contributed by atoms with Gasteiger partial charge >= 0.3 is 6.03 Å². The SMILES string of the molecule is Cc1ccc(N)c(NCCNC(N)=O)n1. The molecule has 0 fully saturated rings. The van der Waals surface area contributed by atoms with E-state index in [1.54, 1.807) is 6.07 Å². The largest absolute Gasteiger partial charge is 0.396 e. The van der Waals surface area contributed by atoms with Crippen LogP contribution in [0.1, 0.15) is 5.69 Å². The summed E-state index contributed by atoms with van der Waals surface area (Å²) in [5.74, 6) is 0.626. The number of rotatable bonds is 4. The summed E-state index contributed by atoms with van der Waals surface area (Å²) in [5, 5.41) is 5.46. The Morgan fingerprint density at radius 3 is 2.87 bits per heavy atom. The summed E-state index contributed by atoms with van der Waals surface area (Å²) < 4.78 is 0. The van der Waals surface area contributed by atoms with Crippen molar-refractivity contribution in [3.8, 4) is 0 Å². The standard InChI is InChI=1S/C9H15N5O/c1-6-2-3-7(10)8(14-6)12-4-5-13-9(11)15/h2-3H,4-5,10H2,1H3,(H,12,14)(H3,11,13,15). The maximum atomic E-state index is 10.4. The number of aromatic nitrogens is 1. The zero-order valence-corrected chi connectivity index (χ0v) is 8.58. The van der Waals surface area contributed by atoms with E-state index in [9.17, 15) is 4.79 Å². The maximum absolute atomic E-state index is 10.4. The zero-order chi connectivity index (χ0) is 11.3. The lowest BCUT2D eigenvalue weighted by atomic mass is 10.3. The molecule has 6 nitrogen and oxygen atoms in total. The van der Waals surface area contributed by atoms with E-state index in [1.165, 1.54) is 0 Å². The number of amides is 2. The third kappa shape index (κ3) is 3.72. The molecule has 6 heteroatoms. The van der Waals surface area contributed by atoms with Crippen molar-refractivity contribution < 1.29 is 4.79 Å². The lowest BCUT2D eigenvalue weighted by molar-refractivity contribution is 0.249. The number of nitrogen functional groups attached to an aromatic ring is 1. The summed E-state index contributed by atoms with van der Waals surface area (Å²) in [6, 6.07) is 3.08. The van der Waals surface area contributed by atoms with Crippen molar-refractivity contribution in [3.05, 3.63) is 17.8 Å². The Balaban J connectivity index is 2.43. The second-order valence-corrected chi connectivity index (χ2v) is 3.11. The van der Waals surface area contributed by atoms with E-state index >= 15 is 0 Å². The Morgan fingerprint density at radius 2 is 2.20 bits per heavy atom. The van der Waals surface area contributed by atoms with E-state index < -0.39 is 6.03 Å². The van der Waals surface area contributed by atoms with Gasteiger partial charge in [-0.15, -0.1) is 0 Å². The van der Waals surface area contributed by atoms with Crippen molar-refractivity contribution in [2.75, 3.05) is 24.1 Å². The number of pyridine rings is 1. The molecule has 0 saturated heterocycles. The molecule has 0 aliphatic heterocycles. The molecule has 1 aromatic rings. The van der Waals surface area contributed by atoms with E-state index in [2.05, 4.69) is 15.6 Å². The Hall–Kier alpha value is -1.98. The monoisotopic (exact) mass is 209 g/mol. The number of primary amides is 1. The Morgan fingerprint density at radius 1 is 1.47 bits per heavy atom. The highest BCUT2D eigenvalue weighted by atomic mass is 16.2. The summed E-state index contributed by atoms with van der Waals surface area (Å²) in [5.41, 5.74) is 12.1. The fourth-order valence-electron chi connectivity index (χ4n) is 1.08. The van der Waals surface area contributed by atoms with Crippen molar-refractivity contribution in [1.29, 1.82) is 0 Å². The van der Waals surface area contributed by atoms with Gasteiger partial charge in [0.1, 0.15) is 5.82 Å². The molecule has 0 bridgehead atoms. The van der Waals surface area contributed by atoms with Crippen LogP contribution in [0.25, 0.3) is 0 Å². The van der Waals surface area contributed by atoms with Gasteiger partial charge in [0, 0.05) is 18.8 Å². The number of nitrogens with zero attached hydrogens (tertiary/aromatic N) is 1. The van der Waals surface area contributed by atoms with Crippen LogP contribution >= 0.6 is 0 Å². The predicted octanol–water partition coefficient (Wildman–Crippen LogP) is 0.0524. The number of carbonyl (C=O) groups excluding carboxylic acids is 1. The number of nitrogens with one attached hydrogen (secondary N) is 2. The topological polar surface area (TPSA) is 106 Å². The molecule has 1 heterocycles. The first kappa shape index (κ1) is 11.1. The van der Waals surface area contributed by atoms with Crippen LogP contribution in [0.2, 0.25) is 0 Å². The molecule has 0 aliphatic rings. The highest BCUT2D eigenvalue weighted by Crippen LogP contribution is 2.14. The van der Waals surface area contributed by atoms with Gasteiger partial charge in [-0.2, -0.15) is 0 Å². The molecule has 0 aromatic carbocycles. The number of hydrogen-bond acceptors (Lipinski definition) is 4. The van der Waals surface area contributed by atoms with Gasteiger partial charge in [0.2, 0.25) is 0 Å². The lowest BCUT2D eigenvalue weighted by Gasteiger charge is -2.08. The molecule has 0 spiro atoms. The second kappa shape index (κ2) is 5.04. The maximum Gasteiger partial charge on any atom is 0.312 e. The first-order chi connectivity index (χ1) is 7.09. The number of hydrogen-bond donors (Lipinski definition) is 4. The van der Waals surface area contributed by atoms with Gasteiger partial charge in [-0.25, -0.2) is 9.78 Å². The van der Waals surface area contributed by atoms with Crippen LogP contribution in [-0.2, 0) is 0 Å². The molecular formula is C9H15N5O. The van der Waals surface area contributed by atoms with Gasteiger partial charge in [0.25, 0.3) is 0 Å². The third-order valence-electron chi connectivity index (χ3n) is 1.78. The Labute approximate surface area is 88.1 Å². The molecule has 1 aromatic heterocycles. The minimum absolute atomic E-state index is 0.435. The fraction of sp³-hybridized carbons (Fsp3) is 0.333.